The maximum atomic E-state index is 12.0. The quantitative estimate of drug-likeness (QED) is 0.835. The van der Waals surface area contributed by atoms with E-state index in [2.05, 4.69) is 11.4 Å². The Kier molecular flexibility index (Phi) is 6.53. The number of carbonyl (C=O) groups is 1. The molecule has 0 spiro atoms. The van der Waals surface area contributed by atoms with Crippen LogP contribution in [0.5, 0.6) is 0 Å². The van der Waals surface area contributed by atoms with Crippen molar-refractivity contribution in [1.29, 1.82) is 0 Å². The average molecular weight is 330 g/mol. The number of rotatable bonds is 4. The van der Waals surface area contributed by atoms with Gasteiger partial charge >= 0.3 is 0 Å². The van der Waals surface area contributed by atoms with Gasteiger partial charge in [0.05, 0.1) is 10.0 Å². The molecule has 1 unspecified atom stereocenters. The molecule has 0 radical (unpaired) electrons. The van der Waals surface area contributed by atoms with Gasteiger partial charge in [0.25, 0.3) is 5.91 Å². The second-order valence-corrected chi connectivity index (χ2v) is 6.13. The van der Waals surface area contributed by atoms with E-state index in [9.17, 15) is 4.79 Å². The lowest BCUT2D eigenvalue weighted by Gasteiger charge is -2.13. The Hall–Kier alpha value is -1.03. The Morgan fingerprint density at radius 3 is 2.65 bits per heavy atom. The lowest BCUT2D eigenvalue weighted by atomic mass is 10.1. The maximum absolute atomic E-state index is 12.0. The fourth-order valence-electron chi connectivity index (χ4n) is 1.73. The number of amides is 1. The molecule has 0 fully saturated rings. The summed E-state index contributed by atoms with van der Waals surface area (Å²) in [5.74, 6) is -0.136. The van der Waals surface area contributed by atoms with Crippen molar-refractivity contribution in [3.8, 4) is 0 Å². The zero-order valence-corrected chi connectivity index (χ0v) is 12.6. The van der Waals surface area contributed by atoms with Crippen LogP contribution in [0.1, 0.15) is 29.6 Å². The third-order valence-electron chi connectivity index (χ3n) is 2.65. The topological polar surface area (TPSA) is 29.1 Å². The first-order chi connectivity index (χ1) is 9.06. The molecule has 0 bridgehead atoms. The van der Waals surface area contributed by atoms with Gasteiger partial charge in [0, 0.05) is 22.9 Å². The third-order valence-corrected chi connectivity index (χ3v) is 4.28. The smallest absolute Gasteiger partial charge is 0.251 e. The summed E-state index contributed by atoms with van der Waals surface area (Å²) in [6.45, 7) is 1.98. The molecular weight excluding hydrogens is 313 g/mol. The van der Waals surface area contributed by atoms with Crippen LogP contribution >= 0.6 is 34.5 Å². The minimum Gasteiger partial charge on any atom is -0.349 e. The van der Waals surface area contributed by atoms with Crippen molar-refractivity contribution >= 4 is 40.4 Å². The van der Waals surface area contributed by atoms with E-state index < -0.39 is 0 Å². The van der Waals surface area contributed by atoms with Crippen LogP contribution in [0, 0.1) is 0 Å². The van der Waals surface area contributed by atoms with Crippen LogP contribution in [0.3, 0.4) is 0 Å². The highest BCUT2D eigenvalue weighted by molar-refractivity contribution is 7.09. The fourth-order valence-corrected chi connectivity index (χ4v) is 2.86. The first kappa shape index (κ1) is 17.0. The highest BCUT2D eigenvalue weighted by Gasteiger charge is 2.12. The van der Waals surface area contributed by atoms with E-state index in [1.54, 1.807) is 29.5 Å². The standard InChI is InChI=1S/C14H13Cl2NOS.CH4/c1-9(7-11-3-2-6-19-11)17-14(18)10-4-5-12(15)13(16)8-10;/h2-6,8-9H,7H2,1H3,(H,17,18);1H4. The summed E-state index contributed by atoms with van der Waals surface area (Å²) in [6.07, 6.45) is 0.824. The molecule has 0 saturated carbocycles. The van der Waals surface area contributed by atoms with E-state index in [-0.39, 0.29) is 19.4 Å². The van der Waals surface area contributed by atoms with Gasteiger partial charge in [-0.25, -0.2) is 0 Å². The van der Waals surface area contributed by atoms with E-state index in [1.807, 2.05) is 18.4 Å². The Bertz CT molecular complexity index is 569. The number of hydrogen-bond acceptors (Lipinski definition) is 2. The van der Waals surface area contributed by atoms with E-state index in [0.29, 0.717) is 15.6 Å². The van der Waals surface area contributed by atoms with Gasteiger partial charge in [-0.1, -0.05) is 36.7 Å². The molecular formula is C15H17Cl2NOS. The summed E-state index contributed by atoms with van der Waals surface area (Å²) >= 11 is 13.4. The molecule has 2 nitrogen and oxygen atoms in total. The van der Waals surface area contributed by atoms with Gasteiger partial charge in [0.15, 0.2) is 0 Å². The Morgan fingerprint density at radius 2 is 2.05 bits per heavy atom. The second-order valence-electron chi connectivity index (χ2n) is 4.29. The monoisotopic (exact) mass is 329 g/mol. The van der Waals surface area contributed by atoms with Crippen LogP contribution in [-0.4, -0.2) is 11.9 Å². The van der Waals surface area contributed by atoms with Gasteiger partial charge in [0.1, 0.15) is 0 Å². The van der Waals surface area contributed by atoms with E-state index in [4.69, 9.17) is 23.2 Å². The van der Waals surface area contributed by atoms with Gasteiger partial charge in [-0.3, -0.25) is 4.79 Å². The molecule has 20 heavy (non-hydrogen) atoms. The minimum atomic E-state index is -0.136. The molecule has 1 aromatic carbocycles. The lowest BCUT2D eigenvalue weighted by Crippen LogP contribution is -2.33. The van der Waals surface area contributed by atoms with Crippen molar-refractivity contribution in [3.05, 3.63) is 56.2 Å². The van der Waals surface area contributed by atoms with Crippen LogP contribution in [0.15, 0.2) is 35.7 Å². The van der Waals surface area contributed by atoms with Crippen molar-refractivity contribution in [1.82, 2.24) is 5.32 Å². The van der Waals surface area contributed by atoms with E-state index in [0.717, 1.165) is 6.42 Å². The first-order valence-corrected chi connectivity index (χ1v) is 7.48. The summed E-state index contributed by atoms with van der Waals surface area (Å²) in [4.78, 5) is 13.3. The average Bonchev–Trinajstić information content (AvgIpc) is 2.85. The first-order valence-electron chi connectivity index (χ1n) is 5.84. The predicted octanol–water partition coefficient (Wildman–Crippen LogP) is 5.05. The number of halogens is 2. The summed E-state index contributed by atoms with van der Waals surface area (Å²) in [5, 5.41) is 5.82. The van der Waals surface area contributed by atoms with Crippen molar-refractivity contribution in [3.63, 3.8) is 0 Å². The summed E-state index contributed by atoms with van der Waals surface area (Å²) in [5.41, 5.74) is 0.521. The maximum Gasteiger partial charge on any atom is 0.251 e. The zero-order chi connectivity index (χ0) is 13.8. The third kappa shape index (κ3) is 4.51. The molecule has 2 aromatic rings. The van der Waals surface area contributed by atoms with Crippen LogP contribution < -0.4 is 5.32 Å². The van der Waals surface area contributed by atoms with Crippen LogP contribution in [0.25, 0.3) is 0 Å². The molecule has 108 valence electrons. The van der Waals surface area contributed by atoms with Gasteiger partial charge in [-0.2, -0.15) is 0 Å². The van der Waals surface area contributed by atoms with Crippen molar-refractivity contribution in [2.45, 2.75) is 26.8 Å². The van der Waals surface area contributed by atoms with Crippen molar-refractivity contribution in [2.24, 2.45) is 0 Å². The van der Waals surface area contributed by atoms with E-state index >= 15 is 0 Å². The second kappa shape index (κ2) is 7.67. The number of hydrogen-bond donors (Lipinski definition) is 1. The summed E-state index contributed by atoms with van der Waals surface area (Å²) in [6, 6.07) is 9.02. The molecule has 5 heteroatoms. The largest absolute Gasteiger partial charge is 0.349 e. The zero-order valence-electron chi connectivity index (χ0n) is 10.3. The van der Waals surface area contributed by atoms with Gasteiger partial charge < -0.3 is 5.32 Å². The molecule has 1 amide bonds. The van der Waals surface area contributed by atoms with Crippen LogP contribution in [0.4, 0.5) is 0 Å². The normalized spacial score (nSPS) is 11.6. The number of benzene rings is 1. The SMILES string of the molecule is C.CC(Cc1cccs1)NC(=O)c1ccc(Cl)c(Cl)c1. The molecule has 1 atom stereocenters. The van der Waals surface area contributed by atoms with Crippen molar-refractivity contribution in [2.75, 3.05) is 0 Å². The lowest BCUT2D eigenvalue weighted by molar-refractivity contribution is 0.0940. The number of thiophene rings is 1. The molecule has 1 aromatic heterocycles. The Labute approximate surface area is 133 Å². The van der Waals surface area contributed by atoms with Gasteiger partial charge in [-0.05, 0) is 36.6 Å². The fraction of sp³-hybridized carbons (Fsp3) is 0.267. The van der Waals surface area contributed by atoms with Crippen molar-refractivity contribution < 1.29 is 4.79 Å². The van der Waals surface area contributed by atoms with Gasteiger partial charge in [0.2, 0.25) is 0 Å². The summed E-state index contributed by atoms with van der Waals surface area (Å²) in [7, 11) is 0. The molecule has 0 aliphatic heterocycles. The van der Waals surface area contributed by atoms with Crippen LogP contribution in [0.2, 0.25) is 10.0 Å². The highest BCUT2D eigenvalue weighted by atomic mass is 35.5. The Morgan fingerprint density at radius 1 is 1.30 bits per heavy atom. The minimum absolute atomic E-state index is 0. The molecule has 1 heterocycles. The molecule has 1 N–H and O–H groups in total. The molecule has 2 rings (SSSR count). The predicted molar refractivity (Wildman–Crippen MR) is 88.1 cm³/mol. The number of nitrogens with one attached hydrogen (secondary N) is 1. The van der Waals surface area contributed by atoms with Crippen LogP contribution in [-0.2, 0) is 6.42 Å². The summed E-state index contributed by atoms with van der Waals surface area (Å²) < 4.78 is 0. The molecule has 0 aliphatic carbocycles. The highest BCUT2D eigenvalue weighted by Crippen LogP contribution is 2.22. The molecule has 0 saturated heterocycles. The molecule has 0 aliphatic rings. The van der Waals surface area contributed by atoms with Gasteiger partial charge in [-0.15, -0.1) is 11.3 Å². The number of carbonyl (C=O) groups excluding carboxylic acids is 1. The van der Waals surface area contributed by atoms with E-state index in [1.165, 1.54) is 4.88 Å². The Balaban J connectivity index is 0.00000200.